The molecule has 1 rings (SSSR count). The molecular weight excluding hydrogens is 233 g/mol. The summed E-state index contributed by atoms with van der Waals surface area (Å²) in [4.78, 5) is 11.8. The molecule has 0 spiro atoms. The lowest BCUT2D eigenvalue weighted by molar-refractivity contribution is -0.122. The normalized spacial score (nSPS) is 11.1. The van der Waals surface area contributed by atoms with Crippen molar-refractivity contribution in [1.29, 1.82) is 0 Å². The molecule has 0 heterocycles. The molecule has 0 unspecified atom stereocenters. The molecule has 0 fully saturated rings. The number of alkyl halides is 2. The van der Waals surface area contributed by atoms with Crippen molar-refractivity contribution in [2.45, 2.75) is 6.92 Å². The van der Waals surface area contributed by atoms with Crippen LogP contribution in [0.3, 0.4) is 0 Å². The van der Waals surface area contributed by atoms with Crippen LogP contribution in [0.1, 0.15) is 6.92 Å². The second kappa shape index (κ2) is 5.38. The average Bonchev–Trinajstić information content (AvgIpc) is 2.29. The molecule has 0 aliphatic heterocycles. The minimum atomic E-state index is -0.723. The van der Waals surface area contributed by atoms with Crippen molar-refractivity contribution in [3.63, 3.8) is 0 Å². The maximum atomic E-state index is 11.8. The molecule has 0 radical (unpaired) electrons. The third-order valence-electron chi connectivity index (χ3n) is 2.17. The molecular formula is C11H13Cl2NO. The highest BCUT2D eigenvalue weighted by molar-refractivity contribution is 6.24. The van der Waals surface area contributed by atoms with Crippen LogP contribution < -0.4 is 5.32 Å². The van der Waals surface area contributed by atoms with Gasteiger partial charge in [0.2, 0.25) is 5.91 Å². The summed E-state index contributed by atoms with van der Waals surface area (Å²) in [6.07, 6.45) is 0. The minimum Gasteiger partial charge on any atom is -0.326 e. The quantitative estimate of drug-likeness (QED) is 0.812. The van der Waals surface area contributed by atoms with Crippen molar-refractivity contribution >= 4 is 34.8 Å². The van der Waals surface area contributed by atoms with Gasteiger partial charge in [-0.2, -0.15) is 0 Å². The topological polar surface area (TPSA) is 29.1 Å². The van der Waals surface area contributed by atoms with Gasteiger partial charge in [0.15, 0.2) is 0 Å². The number of anilines is 1. The van der Waals surface area contributed by atoms with Gasteiger partial charge in [0.1, 0.15) is 0 Å². The molecule has 0 saturated carbocycles. The van der Waals surface area contributed by atoms with Gasteiger partial charge in [-0.15, -0.1) is 23.2 Å². The maximum absolute atomic E-state index is 11.8. The first-order chi connectivity index (χ1) is 7.12. The molecule has 4 heteroatoms. The molecule has 15 heavy (non-hydrogen) atoms. The SMILES string of the molecule is CC(CCl)(CCl)C(=O)Nc1ccccc1. The summed E-state index contributed by atoms with van der Waals surface area (Å²) in [7, 11) is 0. The number of rotatable bonds is 4. The van der Waals surface area contributed by atoms with Crippen molar-refractivity contribution < 1.29 is 4.79 Å². The van der Waals surface area contributed by atoms with Crippen molar-refractivity contribution in [2.24, 2.45) is 5.41 Å². The summed E-state index contributed by atoms with van der Waals surface area (Å²) in [5.41, 5.74) is 0.0304. The van der Waals surface area contributed by atoms with Crippen LogP contribution >= 0.6 is 23.2 Å². The van der Waals surface area contributed by atoms with Crippen molar-refractivity contribution in [3.8, 4) is 0 Å². The first kappa shape index (κ1) is 12.3. The molecule has 1 aromatic rings. The van der Waals surface area contributed by atoms with E-state index in [0.717, 1.165) is 5.69 Å². The lowest BCUT2D eigenvalue weighted by Gasteiger charge is -2.22. The van der Waals surface area contributed by atoms with E-state index in [1.165, 1.54) is 0 Å². The Morgan fingerprint density at radius 1 is 1.27 bits per heavy atom. The van der Waals surface area contributed by atoms with Gasteiger partial charge in [0.05, 0.1) is 5.41 Å². The molecule has 0 aromatic heterocycles. The van der Waals surface area contributed by atoms with Crippen LogP contribution in [-0.4, -0.2) is 17.7 Å². The Hall–Kier alpha value is -0.730. The van der Waals surface area contributed by atoms with E-state index in [1.54, 1.807) is 6.92 Å². The molecule has 1 N–H and O–H groups in total. The first-order valence-corrected chi connectivity index (χ1v) is 5.68. The Bertz CT molecular complexity index is 323. The third kappa shape index (κ3) is 3.11. The standard InChI is InChI=1S/C11H13Cl2NO/c1-11(7-12,8-13)10(15)14-9-5-3-2-4-6-9/h2-6H,7-8H2,1H3,(H,14,15). The Labute approximate surface area is 99.6 Å². The van der Waals surface area contributed by atoms with Crippen molar-refractivity contribution in [2.75, 3.05) is 17.1 Å². The largest absolute Gasteiger partial charge is 0.326 e. The summed E-state index contributed by atoms with van der Waals surface area (Å²) in [5.74, 6) is 0.253. The molecule has 2 nitrogen and oxygen atoms in total. The number of carbonyl (C=O) groups is 1. The van der Waals surface area contributed by atoms with Gasteiger partial charge in [-0.05, 0) is 19.1 Å². The third-order valence-corrected chi connectivity index (χ3v) is 3.35. The van der Waals surface area contributed by atoms with E-state index in [-0.39, 0.29) is 17.7 Å². The van der Waals surface area contributed by atoms with E-state index in [9.17, 15) is 4.79 Å². The van der Waals surface area contributed by atoms with Crippen molar-refractivity contribution in [1.82, 2.24) is 0 Å². The number of hydrogen-bond acceptors (Lipinski definition) is 1. The van der Waals surface area contributed by atoms with Crippen molar-refractivity contribution in [3.05, 3.63) is 30.3 Å². The Morgan fingerprint density at radius 2 is 1.80 bits per heavy atom. The lowest BCUT2D eigenvalue weighted by Crippen LogP contribution is -2.36. The lowest BCUT2D eigenvalue weighted by atomic mass is 9.95. The molecule has 0 saturated heterocycles. The van der Waals surface area contributed by atoms with Gasteiger partial charge in [-0.1, -0.05) is 18.2 Å². The summed E-state index contributed by atoms with van der Waals surface area (Å²) in [5, 5.41) is 2.78. The molecule has 82 valence electrons. The number of amides is 1. The Kier molecular flexibility index (Phi) is 4.43. The zero-order valence-electron chi connectivity index (χ0n) is 8.47. The highest BCUT2D eigenvalue weighted by Gasteiger charge is 2.31. The van der Waals surface area contributed by atoms with E-state index >= 15 is 0 Å². The van der Waals surface area contributed by atoms with Crippen LogP contribution in [0.4, 0.5) is 5.69 Å². The van der Waals surface area contributed by atoms with Crippen LogP contribution in [-0.2, 0) is 4.79 Å². The molecule has 0 atom stereocenters. The second-order valence-corrected chi connectivity index (χ2v) is 4.18. The second-order valence-electron chi connectivity index (χ2n) is 3.65. The van der Waals surface area contributed by atoms with Crippen LogP contribution in [0, 0.1) is 5.41 Å². The Balaban J connectivity index is 2.71. The van der Waals surface area contributed by atoms with E-state index in [0.29, 0.717) is 0 Å². The van der Waals surface area contributed by atoms with Gasteiger partial charge >= 0.3 is 0 Å². The Morgan fingerprint density at radius 3 is 2.27 bits per heavy atom. The molecule has 0 aliphatic carbocycles. The number of halogens is 2. The van der Waals surface area contributed by atoms with E-state index in [4.69, 9.17) is 23.2 Å². The fourth-order valence-corrected chi connectivity index (χ4v) is 1.49. The van der Waals surface area contributed by atoms with Crippen LogP contribution in [0.2, 0.25) is 0 Å². The fraction of sp³-hybridized carbons (Fsp3) is 0.364. The van der Waals surface area contributed by atoms with Gasteiger partial charge in [0, 0.05) is 17.4 Å². The zero-order valence-corrected chi connectivity index (χ0v) is 9.98. The summed E-state index contributed by atoms with van der Waals surface area (Å²) in [6.45, 7) is 1.74. The van der Waals surface area contributed by atoms with Gasteiger partial charge < -0.3 is 5.32 Å². The van der Waals surface area contributed by atoms with Gasteiger partial charge in [0.25, 0.3) is 0 Å². The molecule has 0 bridgehead atoms. The fourth-order valence-electron chi connectivity index (χ4n) is 0.961. The van der Waals surface area contributed by atoms with Gasteiger partial charge in [-0.3, -0.25) is 4.79 Å². The summed E-state index contributed by atoms with van der Waals surface area (Å²) in [6, 6.07) is 9.24. The molecule has 0 aliphatic rings. The highest BCUT2D eigenvalue weighted by atomic mass is 35.5. The highest BCUT2D eigenvalue weighted by Crippen LogP contribution is 2.22. The van der Waals surface area contributed by atoms with E-state index in [2.05, 4.69) is 5.32 Å². The predicted octanol–water partition coefficient (Wildman–Crippen LogP) is 3.11. The van der Waals surface area contributed by atoms with E-state index < -0.39 is 5.41 Å². The zero-order chi connectivity index (χ0) is 11.3. The smallest absolute Gasteiger partial charge is 0.232 e. The van der Waals surface area contributed by atoms with Crippen LogP contribution in [0.25, 0.3) is 0 Å². The molecule has 1 aromatic carbocycles. The minimum absolute atomic E-state index is 0.154. The maximum Gasteiger partial charge on any atom is 0.232 e. The first-order valence-electron chi connectivity index (χ1n) is 4.61. The number of para-hydroxylation sites is 1. The summed E-state index contributed by atoms with van der Waals surface area (Å²) < 4.78 is 0. The molecule has 1 amide bonds. The number of nitrogens with one attached hydrogen (secondary N) is 1. The van der Waals surface area contributed by atoms with Crippen LogP contribution in [0.15, 0.2) is 30.3 Å². The summed E-state index contributed by atoms with van der Waals surface area (Å²) >= 11 is 11.4. The number of carbonyl (C=O) groups excluding carboxylic acids is 1. The van der Waals surface area contributed by atoms with Crippen LogP contribution in [0.5, 0.6) is 0 Å². The average molecular weight is 246 g/mol. The van der Waals surface area contributed by atoms with E-state index in [1.807, 2.05) is 30.3 Å². The predicted molar refractivity (Wildman–Crippen MR) is 64.6 cm³/mol. The van der Waals surface area contributed by atoms with Gasteiger partial charge in [-0.25, -0.2) is 0 Å². The number of benzene rings is 1. The number of hydrogen-bond donors (Lipinski definition) is 1. The monoisotopic (exact) mass is 245 g/mol.